The van der Waals surface area contributed by atoms with Crippen LogP contribution in [-0.2, 0) is 6.42 Å². The van der Waals surface area contributed by atoms with Crippen LogP contribution in [0.4, 0.5) is 0 Å². The van der Waals surface area contributed by atoms with Crippen molar-refractivity contribution in [3.63, 3.8) is 0 Å². The number of aryl methyl sites for hydroxylation is 1. The van der Waals surface area contributed by atoms with Crippen LogP contribution in [0.25, 0.3) is 23.2 Å². The van der Waals surface area contributed by atoms with Gasteiger partial charge in [-0.05, 0) is 50.0 Å². The Labute approximate surface area is 139 Å². The molecule has 0 atom stereocenters. The molecule has 0 saturated carbocycles. The molecule has 0 unspecified atom stereocenters. The van der Waals surface area contributed by atoms with Crippen LogP contribution in [0.2, 0.25) is 0 Å². The van der Waals surface area contributed by atoms with Crippen LogP contribution in [0.5, 0.6) is 0 Å². The second-order valence-corrected chi connectivity index (χ2v) is 6.59. The molecule has 1 aromatic heterocycles. The van der Waals surface area contributed by atoms with E-state index in [0.29, 0.717) is 0 Å². The molecule has 2 aliphatic carbocycles. The summed E-state index contributed by atoms with van der Waals surface area (Å²) in [6.07, 6.45) is 15.4. The smallest absolute Gasteiger partial charge is 0.145 e. The average Bonchev–Trinajstić information content (AvgIpc) is 2.95. The third kappa shape index (κ3) is 2.40. The topological polar surface area (TPSA) is 17.8 Å². The molecule has 0 bridgehead atoms. The molecule has 4 rings (SSSR count). The summed E-state index contributed by atoms with van der Waals surface area (Å²) < 4.78 is 3.43. The number of fused-ring (bicyclic) bond motifs is 1. The molecule has 1 aromatic carbocycles. The highest BCUT2D eigenvalue weighted by Gasteiger charge is 2.20. The molecule has 0 N–H and O–H groups in total. The number of halogens is 1. The molecule has 22 heavy (non-hydrogen) atoms. The van der Waals surface area contributed by atoms with Gasteiger partial charge in [-0.1, -0.05) is 46.3 Å². The highest BCUT2D eigenvalue weighted by atomic mass is 79.9. The Kier molecular flexibility index (Phi) is 3.59. The number of benzene rings is 1. The summed E-state index contributed by atoms with van der Waals surface area (Å²) >= 11 is 3.58. The fourth-order valence-electron chi connectivity index (χ4n) is 3.14. The largest absolute Gasteiger partial charge is 0.296 e. The molecular formula is C19H17BrN2. The fourth-order valence-corrected chi connectivity index (χ4v) is 3.54. The van der Waals surface area contributed by atoms with Gasteiger partial charge in [0.25, 0.3) is 0 Å². The van der Waals surface area contributed by atoms with Crippen molar-refractivity contribution in [1.29, 1.82) is 0 Å². The molecule has 2 aromatic rings. The van der Waals surface area contributed by atoms with Crippen molar-refractivity contribution in [1.82, 2.24) is 9.55 Å². The average molecular weight is 353 g/mol. The van der Waals surface area contributed by atoms with E-state index in [1.165, 1.54) is 17.1 Å². The Balaban J connectivity index is 1.94. The van der Waals surface area contributed by atoms with E-state index in [-0.39, 0.29) is 0 Å². The van der Waals surface area contributed by atoms with Crippen molar-refractivity contribution in [2.24, 2.45) is 0 Å². The maximum absolute atomic E-state index is 4.96. The van der Waals surface area contributed by atoms with Crippen molar-refractivity contribution in [2.45, 2.75) is 25.7 Å². The second kappa shape index (κ2) is 5.73. The zero-order chi connectivity index (χ0) is 14.9. The van der Waals surface area contributed by atoms with Crippen molar-refractivity contribution in [2.75, 3.05) is 0 Å². The monoisotopic (exact) mass is 352 g/mol. The van der Waals surface area contributed by atoms with Gasteiger partial charge in [-0.2, -0.15) is 0 Å². The minimum absolute atomic E-state index is 1.03. The molecule has 0 spiro atoms. The summed E-state index contributed by atoms with van der Waals surface area (Å²) in [5.74, 6) is 1.06. The predicted octanol–water partition coefficient (Wildman–Crippen LogP) is 5.46. The summed E-state index contributed by atoms with van der Waals surface area (Å²) in [5.41, 5.74) is 4.96. The first-order valence-electron chi connectivity index (χ1n) is 7.73. The van der Waals surface area contributed by atoms with Crippen LogP contribution in [0, 0.1) is 0 Å². The van der Waals surface area contributed by atoms with E-state index in [2.05, 4.69) is 75.1 Å². The number of hydrogen-bond donors (Lipinski definition) is 0. The number of allylic oxidation sites excluding steroid dienone is 5. The number of rotatable bonds is 2. The normalized spacial score (nSPS) is 16.5. The minimum Gasteiger partial charge on any atom is -0.296 e. The highest BCUT2D eigenvalue weighted by Crippen LogP contribution is 2.33. The van der Waals surface area contributed by atoms with Gasteiger partial charge in [0.05, 0.1) is 11.4 Å². The molecule has 2 aliphatic rings. The quantitative estimate of drug-likeness (QED) is 0.701. The van der Waals surface area contributed by atoms with Crippen molar-refractivity contribution < 1.29 is 0 Å². The van der Waals surface area contributed by atoms with E-state index < -0.39 is 0 Å². The van der Waals surface area contributed by atoms with Crippen LogP contribution in [-0.4, -0.2) is 9.55 Å². The summed E-state index contributed by atoms with van der Waals surface area (Å²) in [7, 11) is 0. The molecule has 2 nitrogen and oxygen atoms in total. The molecule has 110 valence electrons. The van der Waals surface area contributed by atoms with E-state index in [1.807, 2.05) is 0 Å². The lowest BCUT2D eigenvalue weighted by Gasteiger charge is -2.17. The molecule has 0 radical (unpaired) electrons. The van der Waals surface area contributed by atoms with Gasteiger partial charge in [-0.3, -0.25) is 4.57 Å². The van der Waals surface area contributed by atoms with Gasteiger partial charge in [0.15, 0.2) is 0 Å². The van der Waals surface area contributed by atoms with Crippen molar-refractivity contribution in [3.05, 3.63) is 64.4 Å². The van der Waals surface area contributed by atoms with Crippen LogP contribution in [0.3, 0.4) is 0 Å². The maximum Gasteiger partial charge on any atom is 0.145 e. The van der Waals surface area contributed by atoms with E-state index in [4.69, 9.17) is 4.98 Å². The molecule has 0 aliphatic heterocycles. The Hall–Kier alpha value is -1.87. The lowest BCUT2D eigenvalue weighted by molar-refractivity contribution is 0.917. The standard InChI is InChI=1S/C19H17BrN2/c20-15-8-6-7-14(13-15)19-21-17-11-4-5-12-18(17)22(19)16-9-2-1-3-10-16/h1-2,5-9,12-13H,3-4,10-11H2. The Bertz CT molecular complexity index is 809. The van der Waals surface area contributed by atoms with Gasteiger partial charge in [0, 0.05) is 15.7 Å². The van der Waals surface area contributed by atoms with Gasteiger partial charge in [0.2, 0.25) is 0 Å². The summed E-state index contributed by atoms with van der Waals surface area (Å²) in [5, 5.41) is 0. The number of imidazole rings is 1. The second-order valence-electron chi connectivity index (χ2n) is 5.68. The first-order valence-corrected chi connectivity index (χ1v) is 8.52. The van der Waals surface area contributed by atoms with Crippen LogP contribution in [0.15, 0.2) is 53.0 Å². The van der Waals surface area contributed by atoms with Gasteiger partial charge in [-0.15, -0.1) is 0 Å². The van der Waals surface area contributed by atoms with Gasteiger partial charge < -0.3 is 0 Å². The van der Waals surface area contributed by atoms with Crippen LogP contribution < -0.4 is 0 Å². The van der Waals surface area contributed by atoms with Crippen LogP contribution in [0.1, 0.15) is 30.7 Å². The zero-order valence-corrected chi connectivity index (χ0v) is 13.9. The molecule has 0 saturated heterocycles. The maximum atomic E-state index is 4.96. The first-order chi connectivity index (χ1) is 10.8. The van der Waals surface area contributed by atoms with Crippen molar-refractivity contribution in [3.8, 4) is 11.4 Å². The summed E-state index contributed by atoms with van der Waals surface area (Å²) in [6.45, 7) is 0. The molecule has 0 amide bonds. The molecule has 1 heterocycles. The fraction of sp³-hybridized carbons (Fsp3) is 0.211. The lowest BCUT2D eigenvalue weighted by atomic mass is 10.1. The summed E-state index contributed by atoms with van der Waals surface area (Å²) in [4.78, 5) is 4.96. The van der Waals surface area contributed by atoms with Gasteiger partial charge in [0.1, 0.15) is 5.82 Å². The number of hydrogen-bond acceptors (Lipinski definition) is 1. The van der Waals surface area contributed by atoms with Crippen molar-refractivity contribution >= 4 is 27.7 Å². The predicted molar refractivity (Wildman–Crippen MR) is 95.4 cm³/mol. The van der Waals surface area contributed by atoms with E-state index in [1.54, 1.807) is 0 Å². The first kappa shape index (κ1) is 13.8. The molecule has 3 heteroatoms. The SMILES string of the molecule is Brc1cccc(-c2nc3c(n2C2=CC=CCC2)C=CCC3)c1. The lowest BCUT2D eigenvalue weighted by Crippen LogP contribution is -2.05. The van der Waals surface area contributed by atoms with Crippen LogP contribution >= 0.6 is 15.9 Å². The number of nitrogens with zero attached hydrogens (tertiary/aromatic N) is 2. The summed E-state index contributed by atoms with van der Waals surface area (Å²) in [6, 6.07) is 8.41. The Morgan fingerprint density at radius 1 is 1.09 bits per heavy atom. The van der Waals surface area contributed by atoms with E-state index >= 15 is 0 Å². The molecular weight excluding hydrogens is 336 g/mol. The minimum atomic E-state index is 1.03. The highest BCUT2D eigenvalue weighted by molar-refractivity contribution is 9.10. The Morgan fingerprint density at radius 2 is 2.00 bits per heavy atom. The van der Waals surface area contributed by atoms with E-state index in [9.17, 15) is 0 Å². The Morgan fingerprint density at radius 3 is 2.82 bits per heavy atom. The third-order valence-electron chi connectivity index (χ3n) is 4.17. The zero-order valence-electron chi connectivity index (χ0n) is 12.3. The van der Waals surface area contributed by atoms with E-state index in [0.717, 1.165) is 41.5 Å². The number of aromatic nitrogens is 2. The molecule has 0 fully saturated rings. The van der Waals surface area contributed by atoms with Gasteiger partial charge >= 0.3 is 0 Å². The third-order valence-corrected chi connectivity index (χ3v) is 4.67. The van der Waals surface area contributed by atoms with Gasteiger partial charge in [-0.25, -0.2) is 4.98 Å².